The highest BCUT2D eigenvalue weighted by Gasteiger charge is 2.50. The lowest BCUT2D eigenvalue weighted by Gasteiger charge is -2.41. The van der Waals surface area contributed by atoms with Gasteiger partial charge in [0.25, 0.3) is 0 Å². The minimum absolute atomic E-state index is 0.104. The monoisotopic (exact) mass is 205 g/mol. The average molecular weight is 205 g/mol. The number of rotatable bonds is 2. The number of carbonyl (C=O) groups excluding carboxylic acids is 1. The second kappa shape index (κ2) is 3.92. The van der Waals surface area contributed by atoms with Gasteiger partial charge in [0.15, 0.2) is 5.78 Å². The van der Waals surface area contributed by atoms with Crippen LogP contribution in [0, 0.1) is 0 Å². The molecule has 0 spiro atoms. The maximum Gasteiger partial charge on any atom is 0.244 e. The van der Waals surface area contributed by atoms with Crippen molar-refractivity contribution < 1.29 is 24.9 Å². The average Bonchev–Trinajstić information content (AvgIpc) is 2.13. The highest BCUT2D eigenvalue weighted by molar-refractivity contribution is 5.84. The summed E-state index contributed by atoms with van der Waals surface area (Å²) in [4.78, 5) is 11.1. The molecule has 82 valence electrons. The number of aliphatic hydroxyl groups excluding tert-OH is 2. The number of aliphatic hydroxyl groups is 3. The summed E-state index contributed by atoms with van der Waals surface area (Å²) in [6.45, 7) is 0.742. The predicted octanol–water partition coefficient (Wildman–Crippen LogP) is -2.27. The SMILES string of the molecule is CC(=O)C1(O)O[C@H](CO)C[C@H](O)[C@H]1N. The zero-order valence-corrected chi connectivity index (χ0v) is 7.88. The quantitative estimate of drug-likeness (QED) is 0.404. The third-order valence-electron chi connectivity index (χ3n) is 2.43. The van der Waals surface area contributed by atoms with E-state index in [1.54, 1.807) is 0 Å². The van der Waals surface area contributed by atoms with Crippen molar-refractivity contribution in [1.82, 2.24) is 0 Å². The van der Waals surface area contributed by atoms with E-state index in [0.717, 1.165) is 6.92 Å². The Morgan fingerprint density at radius 2 is 2.29 bits per heavy atom. The van der Waals surface area contributed by atoms with E-state index in [1.165, 1.54) is 0 Å². The van der Waals surface area contributed by atoms with Crippen molar-refractivity contribution >= 4 is 5.78 Å². The van der Waals surface area contributed by atoms with Crippen LogP contribution in [0.4, 0.5) is 0 Å². The molecule has 6 heteroatoms. The first kappa shape index (κ1) is 11.5. The third kappa shape index (κ3) is 1.79. The van der Waals surface area contributed by atoms with E-state index in [4.69, 9.17) is 15.6 Å². The molecule has 5 N–H and O–H groups in total. The molecule has 0 saturated carbocycles. The Labute approximate surface area is 81.3 Å². The van der Waals surface area contributed by atoms with Gasteiger partial charge in [0, 0.05) is 13.3 Å². The summed E-state index contributed by atoms with van der Waals surface area (Å²) < 4.78 is 4.94. The number of hydrogen-bond donors (Lipinski definition) is 4. The third-order valence-corrected chi connectivity index (χ3v) is 2.43. The van der Waals surface area contributed by atoms with E-state index < -0.39 is 29.8 Å². The highest BCUT2D eigenvalue weighted by Crippen LogP contribution is 2.26. The number of ether oxygens (including phenoxy) is 1. The molecule has 4 atom stereocenters. The lowest BCUT2D eigenvalue weighted by Crippen LogP contribution is -2.65. The van der Waals surface area contributed by atoms with Crippen LogP contribution in [0.5, 0.6) is 0 Å². The number of ketones is 1. The van der Waals surface area contributed by atoms with Crippen LogP contribution in [-0.2, 0) is 9.53 Å². The smallest absolute Gasteiger partial charge is 0.244 e. The number of hydrogen-bond acceptors (Lipinski definition) is 6. The summed E-state index contributed by atoms with van der Waals surface area (Å²) in [5.74, 6) is -2.87. The zero-order chi connectivity index (χ0) is 10.9. The van der Waals surface area contributed by atoms with Gasteiger partial charge in [-0.15, -0.1) is 0 Å². The standard InChI is InChI=1S/C8H15NO5/c1-4(11)8(13)7(9)6(12)2-5(3-10)14-8/h5-7,10,12-13H,2-3,9H2,1H3/t5-,6-,7+,8?/m0/s1. The van der Waals surface area contributed by atoms with Crippen LogP contribution in [0.1, 0.15) is 13.3 Å². The minimum atomic E-state index is -2.19. The Kier molecular flexibility index (Phi) is 3.23. The molecule has 0 aromatic heterocycles. The van der Waals surface area contributed by atoms with Crippen LogP contribution < -0.4 is 5.73 Å². The predicted molar refractivity (Wildman–Crippen MR) is 46.2 cm³/mol. The highest BCUT2D eigenvalue weighted by atomic mass is 16.6. The Balaban J connectivity index is 2.87. The topological polar surface area (TPSA) is 113 Å². The van der Waals surface area contributed by atoms with Crippen LogP contribution >= 0.6 is 0 Å². The summed E-state index contributed by atoms with van der Waals surface area (Å²) in [5, 5.41) is 28.0. The minimum Gasteiger partial charge on any atom is -0.394 e. The van der Waals surface area contributed by atoms with Gasteiger partial charge in [-0.2, -0.15) is 0 Å². The lowest BCUT2D eigenvalue weighted by atomic mass is 9.91. The van der Waals surface area contributed by atoms with Gasteiger partial charge < -0.3 is 25.8 Å². The molecule has 1 rings (SSSR count). The first-order chi connectivity index (χ1) is 6.41. The van der Waals surface area contributed by atoms with Crippen molar-refractivity contribution in [2.75, 3.05) is 6.61 Å². The van der Waals surface area contributed by atoms with E-state index in [9.17, 15) is 15.0 Å². The van der Waals surface area contributed by atoms with Crippen LogP contribution in [0.2, 0.25) is 0 Å². The largest absolute Gasteiger partial charge is 0.394 e. The van der Waals surface area contributed by atoms with Gasteiger partial charge in [-0.25, -0.2) is 0 Å². The second-order valence-corrected chi connectivity index (χ2v) is 3.50. The van der Waals surface area contributed by atoms with Gasteiger partial charge in [0.05, 0.1) is 24.9 Å². The summed E-state index contributed by atoms with van der Waals surface area (Å²) in [7, 11) is 0. The fourth-order valence-electron chi connectivity index (χ4n) is 1.49. The molecule has 0 bridgehead atoms. The van der Waals surface area contributed by atoms with Crippen molar-refractivity contribution in [3.8, 4) is 0 Å². The van der Waals surface area contributed by atoms with E-state index in [1.807, 2.05) is 0 Å². The molecule has 6 nitrogen and oxygen atoms in total. The van der Waals surface area contributed by atoms with E-state index >= 15 is 0 Å². The Hall–Kier alpha value is -0.530. The van der Waals surface area contributed by atoms with Crippen LogP contribution in [0.25, 0.3) is 0 Å². The molecule has 1 heterocycles. The second-order valence-electron chi connectivity index (χ2n) is 3.50. The molecule has 1 unspecified atom stereocenters. The molecule has 0 radical (unpaired) electrons. The number of carbonyl (C=O) groups is 1. The van der Waals surface area contributed by atoms with Crippen LogP contribution in [0.3, 0.4) is 0 Å². The molecular formula is C8H15NO5. The van der Waals surface area contributed by atoms with Crippen molar-refractivity contribution in [3.63, 3.8) is 0 Å². The van der Waals surface area contributed by atoms with Gasteiger partial charge in [-0.05, 0) is 0 Å². The van der Waals surface area contributed by atoms with Gasteiger partial charge >= 0.3 is 0 Å². The molecular weight excluding hydrogens is 190 g/mol. The lowest BCUT2D eigenvalue weighted by molar-refractivity contribution is -0.269. The fourth-order valence-corrected chi connectivity index (χ4v) is 1.49. The summed E-state index contributed by atoms with van der Waals surface area (Å²) in [6, 6.07) is -1.18. The van der Waals surface area contributed by atoms with Crippen molar-refractivity contribution in [2.24, 2.45) is 5.73 Å². The maximum absolute atomic E-state index is 11.1. The maximum atomic E-state index is 11.1. The van der Waals surface area contributed by atoms with Crippen molar-refractivity contribution in [2.45, 2.75) is 37.4 Å². The van der Waals surface area contributed by atoms with Gasteiger partial charge in [-0.1, -0.05) is 0 Å². The zero-order valence-electron chi connectivity index (χ0n) is 7.88. The molecule has 0 aliphatic carbocycles. The fraction of sp³-hybridized carbons (Fsp3) is 0.875. The Bertz CT molecular complexity index is 234. The first-order valence-corrected chi connectivity index (χ1v) is 4.37. The van der Waals surface area contributed by atoms with Crippen LogP contribution in [0.15, 0.2) is 0 Å². The summed E-state index contributed by atoms with van der Waals surface area (Å²) in [5.41, 5.74) is 5.45. The molecule has 0 aromatic carbocycles. The molecule has 1 fully saturated rings. The molecule has 1 aliphatic rings. The number of nitrogens with two attached hydrogens (primary N) is 1. The van der Waals surface area contributed by atoms with E-state index in [2.05, 4.69) is 0 Å². The van der Waals surface area contributed by atoms with Gasteiger partial charge in [0.2, 0.25) is 5.79 Å². The molecule has 0 amide bonds. The van der Waals surface area contributed by atoms with Crippen LogP contribution in [-0.4, -0.2) is 51.7 Å². The summed E-state index contributed by atoms with van der Waals surface area (Å²) >= 11 is 0. The van der Waals surface area contributed by atoms with Crippen molar-refractivity contribution in [3.05, 3.63) is 0 Å². The van der Waals surface area contributed by atoms with Gasteiger partial charge in [-0.3, -0.25) is 4.79 Å². The van der Waals surface area contributed by atoms with E-state index in [0.29, 0.717) is 0 Å². The normalized spacial score (nSPS) is 43.6. The number of Topliss-reactive ketones (excluding diaryl/α,β-unsaturated/α-hetero) is 1. The van der Waals surface area contributed by atoms with E-state index in [-0.39, 0.29) is 13.0 Å². The Morgan fingerprint density at radius 1 is 1.71 bits per heavy atom. The Morgan fingerprint density at radius 3 is 2.71 bits per heavy atom. The molecule has 14 heavy (non-hydrogen) atoms. The summed E-state index contributed by atoms with van der Waals surface area (Å²) in [6.07, 6.45) is -1.72. The molecule has 0 aromatic rings. The van der Waals surface area contributed by atoms with Crippen molar-refractivity contribution in [1.29, 1.82) is 0 Å². The first-order valence-electron chi connectivity index (χ1n) is 4.37. The van der Waals surface area contributed by atoms with Gasteiger partial charge in [0.1, 0.15) is 0 Å². The molecule has 1 aliphatic heterocycles. The molecule has 1 saturated heterocycles.